The number of carbonyl (C=O) groups is 1. The Morgan fingerprint density at radius 3 is 2.35 bits per heavy atom. The first-order valence-electron chi connectivity index (χ1n) is 7.75. The van der Waals surface area contributed by atoms with Gasteiger partial charge in [-0.05, 0) is 65.8 Å². The fourth-order valence-corrected chi connectivity index (χ4v) is 2.40. The number of carbonyl (C=O) groups excluding carboxylic acids is 1. The third-order valence-corrected chi connectivity index (χ3v) is 3.28. The maximum absolute atomic E-state index is 12.4. The Bertz CT molecular complexity index is 717. The summed E-state index contributed by atoms with van der Waals surface area (Å²) < 4.78 is 1.94. The number of anilines is 1. The van der Waals surface area contributed by atoms with Crippen LogP contribution in [0.25, 0.3) is 11.3 Å². The second-order valence-corrected chi connectivity index (χ2v) is 7.85. The minimum Gasteiger partial charge on any atom is -0.399 e. The molecule has 3 N–H and O–H groups in total. The van der Waals surface area contributed by atoms with E-state index in [1.165, 1.54) is 0 Å². The summed E-state index contributed by atoms with van der Waals surface area (Å²) in [5.74, 6) is -0.132. The molecule has 1 aromatic heterocycles. The van der Waals surface area contributed by atoms with Crippen LogP contribution in [-0.2, 0) is 5.54 Å². The van der Waals surface area contributed by atoms with Gasteiger partial charge in [-0.25, -0.2) is 0 Å². The lowest BCUT2D eigenvalue weighted by atomic mass is 10.0. The number of aromatic nitrogens is 2. The van der Waals surface area contributed by atoms with Gasteiger partial charge in [0, 0.05) is 28.6 Å². The summed E-state index contributed by atoms with van der Waals surface area (Å²) in [5, 5.41) is 7.37. The smallest absolute Gasteiger partial charge is 0.251 e. The molecule has 2 aromatic rings. The summed E-state index contributed by atoms with van der Waals surface area (Å²) in [6, 6.07) is 7.36. The molecule has 0 unspecified atom stereocenters. The molecule has 23 heavy (non-hydrogen) atoms. The van der Waals surface area contributed by atoms with E-state index in [1.54, 1.807) is 12.3 Å². The molecule has 124 valence electrons. The van der Waals surface area contributed by atoms with Crippen LogP contribution in [0, 0.1) is 0 Å². The molecule has 0 radical (unpaired) electrons. The summed E-state index contributed by atoms with van der Waals surface area (Å²) in [6.07, 6.45) is 1.76. The van der Waals surface area contributed by atoms with Crippen molar-refractivity contribution in [2.24, 2.45) is 0 Å². The van der Waals surface area contributed by atoms with E-state index in [9.17, 15) is 4.79 Å². The van der Waals surface area contributed by atoms with Crippen molar-refractivity contribution in [1.82, 2.24) is 15.1 Å². The van der Waals surface area contributed by atoms with Crippen LogP contribution in [0.1, 0.15) is 51.9 Å². The number of nitrogens with one attached hydrogen (secondary N) is 1. The van der Waals surface area contributed by atoms with E-state index in [0.29, 0.717) is 11.3 Å². The lowest BCUT2D eigenvalue weighted by Gasteiger charge is -2.23. The van der Waals surface area contributed by atoms with E-state index in [0.717, 1.165) is 11.3 Å². The van der Waals surface area contributed by atoms with Crippen LogP contribution >= 0.6 is 0 Å². The molecule has 5 nitrogen and oxygen atoms in total. The van der Waals surface area contributed by atoms with Gasteiger partial charge in [-0.15, -0.1) is 0 Å². The van der Waals surface area contributed by atoms with Crippen LogP contribution in [0.2, 0.25) is 0 Å². The van der Waals surface area contributed by atoms with Crippen molar-refractivity contribution in [3.8, 4) is 11.3 Å². The van der Waals surface area contributed by atoms with Gasteiger partial charge in [0.1, 0.15) is 0 Å². The van der Waals surface area contributed by atoms with Crippen LogP contribution in [0.4, 0.5) is 5.69 Å². The quantitative estimate of drug-likeness (QED) is 0.834. The van der Waals surface area contributed by atoms with Crippen molar-refractivity contribution in [2.45, 2.75) is 52.6 Å². The monoisotopic (exact) mass is 314 g/mol. The molecule has 0 saturated carbocycles. The molecule has 0 saturated heterocycles. The zero-order valence-electron chi connectivity index (χ0n) is 14.8. The van der Waals surface area contributed by atoms with Gasteiger partial charge in [-0.3, -0.25) is 9.48 Å². The molecule has 1 aromatic carbocycles. The number of nitrogen functional groups attached to an aromatic ring is 1. The summed E-state index contributed by atoms with van der Waals surface area (Å²) in [7, 11) is 0. The zero-order valence-corrected chi connectivity index (χ0v) is 14.8. The van der Waals surface area contributed by atoms with Gasteiger partial charge < -0.3 is 11.1 Å². The summed E-state index contributed by atoms with van der Waals surface area (Å²) >= 11 is 0. The van der Waals surface area contributed by atoms with Gasteiger partial charge in [-0.2, -0.15) is 5.10 Å². The van der Waals surface area contributed by atoms with E-state index in [4.69, 9.17) is 5.73 Å². The first-order chi connectivity index (χ1) is 10.5. The molecule has 0 atom stereocenters. The molecule has 5 heteroatoms. The molecule has 0 aliphatic rings. The number of hydrogen-bond donors (Lipinski definition) is 2. The predicted molar refractivity (Wildman–Crippen MR) is 94.3 cm³/mol. The largest absolute Gasteiger partial charge is 0.399 e. The highest BCUT2D eigenvalue weighted by Gasteiger charge is 2.20. The normalized spacial score (nSPS) is 12.3. The Morgan fingerprint density at radius 1 is 1.13 bits per heavy atom. The number of nitrogens with zero attached hydrogens (tertiary/aromatic N) is 2. The van der Waals surface area contributed by atoms with Gasteiger partial charge in [0.25, 0.3) is 5.91 Å². The van der Waals surface area contributed by atoms with Crippen molar-refractivity contribution < 1.29 is 4.79 Å². The van der Waals surface area contributed by atoms with Crippen molar-refractivity contribution in [2.75, 3.05) is 5.73 Å². The highest BCUT2D eigenvalue weighted by Crippen LogP contribution is 2.27. The molecule has 2 rings (SSSR count). The lowest BCUT2D eigenvalue weighted by molar-refractivity contribution is 0.0919. The van der Waals surface area contributed by atoms with Crippen LogP contribution in [-0.4, -0.2) is 21.2 Å². The van der Waals surface area contributed by atoms with E-state index in [2.05, 4.69) is 31.2 Å². The number of nitrogens with two attached hydrogens (primary N) is 1. The summed E-state index contributed by atoms with van der Waals surface area (Å²) in [6.45, 7) is 12.1. The highest BCUT2D eigenvalue weighted by molar-refractivity contribution is 5.96. The summed E-state index contributed by atoms with van der Waals surface area (Å²) in [4.78, 5) is 12.4. The van der Waals surface area contributed by atoms with E-state index in [1.807, 2.05) is 43.7 Å². The Labute approximate surface area is 137 Å². The molecule has 0 aliphatic carbocycles. The molecule has 1 amide bonds. The zero-order chi connectivity index (χ0) is 17.4. The lowest BCUT2D eigenvalue weighted by Crippen LogP contribution is -2.40. The van der Waals surface area contributed by atoms with Crippen molar-refractivity contribution >= 4 is 11.6 Å². The fraction of sp³-hybridized carbons (Fsp3) is 0.444. The molecular formula is C18H26N4O. The molecule has 0 bridgehead atoms. The van der Waals surface area contributed by atoms with Gasteiger partial charge in [0.05, 0.1) is 11.2 Å². The predicted octanol–water partition coefficient (Wildman–Crippen LogP) is 3.42. The highest BCUT2D eigenvalue weighted by atomic mass is 16.1. The fourth-order valence-electron chi connectivity index (χ4n) is 2.40. The standard InChI is InChI=1S/C18H26N4O/c1-17(2,3)21-16(23)13-9-12(10-14(19)11-13)15-7-8-20-22(15)18(4,5)6/h7-11H,19H2,1-6H3,(H,21,23). The van der Waals surface area contributed by atoms with Gasteiger partial charge >= 0.3 is 0 Å². The number of rotatable bonds is 2. The molecular weight excluding hydrogens is 288 g/mol. The second kappa shape index (κ2) is 5.72. The van der Waals surface area contributed by atoms with E-state index >= 15 is 0 Å². The Balaban J connectivity index is 2.47. The average molecular weight is 314 g/mol. The van der Waals surface area contributed by atoms with E-state index in [-0.39, 0.29) is 17.0 Å². The number of hydrogen-bond acceptors (Lipinski definition) is 3. The number of benzene rings is 1. The van der Waals surface area contributed by atoms with Gasteiger partial charge in [0.2, 0.25) is 0 Å². The third kappa shape index (κ3) is 4.12. The van der Waals surface area contributed by atoms with Crippen LogP contribution < -0.4 is 11.1 Å². The molecule has 0 aliphatic heterocycles. The first kappa shape index (κ1) is 17.1. The molecule has 1 heterocycles. The minimum atomic E-state index is -0.297. The Hall–Kier alpha value is -2.30. The van der Waals surface area contributed by atoms with Gasteiger partial charge in [-0.1, -0.05) is 0 Å². The van der Waals surface area contributed by atoms with Crippen molar-refractivity contribution in [1.29, 1.82) is 0 Å². The first-order valence-corrected chi connectivity index (χ1v) is 7.75. The van der Waals surface area contributed by atoms with Crippen LogP contribution in [0.5, 0.6) is 0 Å². The third-order valence-electron chi connectivity index (χ3n) is 3.28. The maximum atomic E-state index is 12.4. The minimum absolute atomic E-state index is 0.132. The number of amides is 1. The molecule has 0 spiro atoms. The average Bonchev–Trinajstić information content (AvgIpc) is 2.84. The van der Waals surface area contributed by atoms with Crippen molar-refractivity contribution in [3.63, 3.8) is 0 Å². The topological polar surface area (TPSA) is 72.9 Å². The van der Waals surface area contributed by atoms with Crippen LogP contribution in [0.15, 0.2) is 30.5 Å². The Morgan fingerprint density at radius 2 is 1.78 bits per heavy atom. The van der Waals surface area contributed by atoms with Crippen molar-refractivity contribution in [3.05, 3.63) is 36.0 Å². The molecule has 0 fully saturated rings. The summed E-state index contributed by atoms with van der Waals surface area (Å²) in [5.41, 5.74) is 8.50. The second-order valence-electron chi connectivity index (χ2n) is 7.85. The van der Waals surface area contributed by atoms with E-state index < -0.39 is 0 Å². The van der Waals surface area contributed by atoms with Gasteiger partial charge in [0.15, 0.2) is 0 Å². The maximum Gasteiger partial charge on any atom is 0.251 e. The Kier molecular flexibility index (Phi) is 4.24. The SMILES string of the molecule is CC(C)(C)NC(=O)c1cc(N)cc(-c2ccnn2C(C)(C)C)c1. The van der Waals surface area contributed by atoms with Crippen LogP contribution in [0.3, 0.4) is 0 Å².